The van der Waals surface area contributed by atoms with E-state index in [0.29, 0.717) is 22.5 Å². The van der Waals surface area contributed by atoms with Gasteiger partial charge >= 0.3 is 0 Å². The fourth-order valence-corrected chi connectivity index (χ4v) is 2.69. The van der Waals surface area contributed by atoms with E-state index in [4.69, 9.17) is 11.6 Å². The van der Waals surface area contributed by atoms with Gasteiger partial charge in [0, 0.05) is 11.9 Å². The van der Waals surface area contributed by atoms with Crippen molar-refractivity contribution in [1.82, 2.24) is 9.55 Å². The minimum absolute atomic E-state index is 0.140. The third-order valence-corrected chi connectivity index (χ3v) is 3.74. The molecule has 0 fully saturated rings. The Hall–Kier alpha value is -2.20. The summed E-state index contributed by atoms with van der Waals surface area (Å²) in [4.78, 5) is 16.7. The van der Waals surface area contributed by atoms with Crippen molar-refractivity contribution in [3.8, 4) is 5.69 Å². The summed E-state index contributed by atoms with van der Waals surface area (Å²) in [5.74, 6) is -0.492. The standard InChI is InChI=1S/C16H12ClFN2O/c1-2-11-8-10-4-3-5-12(17)15(10)16(21)20(11)14-9-19-7-6-13(14)18/h3-9H,2H2,1H3. The van der Waals surface area contributed by atoms with Gasteiger partial charge in [-0.1, -0.05) is 30.7 Å². The zero-order valence-corrected chi connectivity index (χ0v) is 12.1. The summed E-state index contributed by atoms with van der Waals surface area (Å²) in [6.07, 6.45) is 3.29. The highest BCUT2D eigenvalue weighted by Gasteiger charge is 2.14. The lowest BCUT2D eigenvalue weighted by molar-refractivity contribution is 0.611. The number of benzene rings is 1. The van der Waals surface area contributed by atoms with E-state index in [-0.39, 0.29) is 11.2 Å². The van der Waals surface area contributed by atoms with Crippen LogP contribution in [0.5, 0.6) is 0 Å². The van der Waals surface area contributed by atoms with E-state index in [9.17, 15) is 9.18 Å². The van der Waals surface area contributed by atoms with Gasteiger partial charge in [0.05, 0.1) is 16.6 Å². The minimum Gasteiger partial charge on any atom is -0.276 e. The Balaban J connectivity index is 2.48. The molecule has 0 saturated carbocycles. The molecular weight excluding hydrogens is 291 g/mol. The molecule has 2 aromatic heterocycles. The molecule has 0 N–H and O–H groups in total. The Kier molecular flexibility index (Phi) is 3.47. The Morgan fingerprint density at radius 1 is 1.33 bits per heavy atom. The maximum absolute atomic E-state index is 14.0. The van der Waals surface area contributed by atoms with Crippen molar-refractivity contribution in [3.63, 3.8) is 0 Å². The molecule has 0 atom stereocenters. The van der Waals surface area contributed by atoms with E-state index in [1.807, 2.05) is 19.1 Å². The molecule has 21 heavy (non-hydrogen) atoms. The molecular formula is C16H12ClFN2O. The molecule has 0 amide bonds. The van der Waals surface area contributed by atoms with Crippen molar-refractivity contribution in [3.05, 3.63) is 69.6 Å². The van der Waals surface area contributed by atoms with Crippen molar-refractivity contribution >= 4 is 22.4 Å². The predicted molar refractivity (Wildman–Crippen MR) is 81.7 cm³/mol. The third kappa shape index (κ3) is 2.21. The second-order valence-electron chi connectivity index (χ2n) is 4.66. The van der Waals surface area contributed by atoms with Crippen molar-refractivity contribution < 1.29 is 4.39 Å². The Morgan fingerprint density at radius 3 is 2.86 bits per heavy atom. The number of halogens is 2. The fourth-order valence-electron chi connectivity index (χ4n) is 2.43. The van der Waals surface area contributed by atoms with E-state index in [0.717, 1.165) is 5.39 Å². The van der Waals surface area contributed by atoms with Crippen molar-refractivity contribution in [2.45, 2.75) is 13.3 Å². The lowest BCUT2D eigenvalue weighted by atomic mass is 10.1. The molecule has 0 spiro atoms. The zero-order valence-electron chi connectivity index (χ0n) is 11.3. The zero-order chi connectivity index (χ0) is 15.0. The summed E-state index contributed by atoms with van der Waals surface area (Å²) >= 11 is 6.13. The summed E-state index contributed by atoms with van der Waals surface area (Å²) < 4.78 is 15.4. The third-order valence-electron chi connectivity index (χ3n) is 3.42. The second-order valence-corrected chi connectivity index (χ2v) is 5.07. The molecule has 0 aliphatic carbocycles. The molecule has 3 rings (SSSR count). The van der Waals surface area contributed by atoms with E-state index in [1.54, 1.807) is 12.1 Å². The van der Waals surface area contributed by atoms with E-state index >= 15 is 0 Å². The number of fused-ring (bicyclic) bond motifs is 1. The number of aromatic nitrogens is 2. The monoisotopic (exact) mass is 302 g/mol. The molecule has 3 nitrogen and oxygen atoms in total. The molecule has 0 bridgehead atoms. The van der Waals surface area contributed by atoms with Gasteiger partial charge in [-0.05, 0) is 30.0 Å². The predicted octanol–water partition coefficient (Wildman–Crippen LogP) is 3.74. The summed E-state index contributed by atoms with van der Waals surface area (Å²) in [7, 11) is 0. The number of hydrogen-bond acceptors (Lipinski definition) is 2. The first-order valence-corrected chi connectivity index (χ1v) is 6.94. The first kappa shape index (κ1) is 13.8. The maximum atomic E-state index is 14.0. The van der Waals surface area contributed by atoms with Gasteiger partial charge in [-0.25, -0.2) is 4.39 Å². The molecule has 3 aromatic rings. The van der Waals surface area contributed by atoms with Gasteiger partial charge in [0.2, 0.25) is 0 Å². The minimum atomic E-state index is -0.492. The Bertz CT molecular complexity index is 889. The molecule has 5 heteroatoms. The van der Waals surface area contributed by atoms with Gasteiger partial charge < -0.3 is 0 Å². The van der Waals surface area contributed by atoms with Crippen LogP contribution in [-0.4, -0.2) is 9.55 Å². The molecule has 0 unspecified atom stereocenters. The van der Waals surface area contributed by atoms with Crippen LogP contribution >= 0.6 is 11.6 Å². The normalized spacial score (nSPS) is 11.0. The van der Waals surface area contributed by atoms with Gasteiger partial charge in [0.15, 0.2) is 0 Å². The van der Waals surface area contributed by atoms with Gasteiger partial charge in [-0.15, -0.1) is 0 Å². The van der Waals surface area contributed by atoms with E-state index in [1.165, 1.54) is 23.0 Å². The summed E-state index contributed by atoms with van der Waals surface area (Å²) in [5.41, 5.74) is 0.518. The molecule has 0 aliphatic rings. The average Bonchev–Trinajstić information content (AvgIpc) is 2.48. The van der Waals surface area contributed by atoms with Crippen LogP contribution in [0.2, 0.25) is 5.02 Å². The van der Waals surface area contributed by atoms with Crippen molar-refractivity contribution in [2.75, 3.05) is 0 Å². The summed E-state index contributed by atoms with van der Waals surface area (Å²) in [5, 5.41) is 1.50. The van der Waals surface area contributed by atoms with Gasteiger partial charge in [-0.3, -0.25) is 14.3 Å². The topological polar surface area (TPSA) is 34.9 Å². The average molecular weight is 303 g/mol. The maximum Gasteiger partial charge on any atom is 0.264 e. The highest BCUT2D eigenvalue weighted by molar-refractivity contribution is 6.35. The van der Waals surface area contributed by atoms with E-state index in [2.05, 4.69) is 4.98 Å². The largest absolute Gasteiger partial charge is 0.276 e. The van der Waals surface area contributed by atoms with Gasteiger partial charge in [-0.2, -0.15) is 0 Å². The van der Waals surface area contributed by atoms with Crippen molar-refractivity contribution in [1.29, 1.82) is 0 Å². The molecule has 0 radical (unpaired) electrons. The smallest absolute Gasteiger partial charge is 0.264 e. The van der Waals surface area contributed by atoms with Crippen LogP contribution in [0, 0.1) is 5.82 Å². The van der Waals surface area contributed by atoms with Crippen LogP contribution in [-0.2, 0) is 6.42 Å². The van der Waals surface area contributed by atoms with Crippen LogP contribution < -0.4 is 5.56 Å². The van der Waals surface area contributed by atoms with Gasteiger partial charge in [0.25, 0.3) is 5.56 Å². The van der Waals surface area contributed by atoms with Crippen LogP contribution in [0.15, 0.2) is 47.5 Å². The number of hydrogen-bond donors (Lipinski definition) is 0. The van der Waals surface area contributed by atoms with Gasteiger partial charge in [0.1, 0.15) is 11.5 Å². The lowest BCUT2D eigenvalue weighted by Gasteiger charge is -2.14. The van der Waals surface area contributed by atoms with Crippen LogP contribution in [0.25, 0.3) is 16.5 Å². The lowest BCUT2D eigenvalue weighted by Crippen LogP contribution is -2.23. The highest BCUT2D eigenvalue weighted by atomic mass is 35.5. The first-order chi connectivity index (χ1) is 10.1. The Morgan fingerprint density at radius 2 is 2.14 bits per heavy atom. The van der Waals surface area contributed by atoms with Crippen molar-refractivity contribution in [2.24, 2.45) is 0 Å². The Labute approximate surface area is 125 Å². The number of pyridine rings is 2. The fraction of sp³-hybridized carbons (Fsp3) is 0.125. The summed E-state index contributed by atoms with van der Waals surface area (Å²) in [6, 6.07) is 8.36. The highest BCUT2D eigenvalue weighted by Crippen LogP contribution is 2.23. The number of aryl methyl sites for hydroxylation is 1. The molecule has 2 heterocycles. The second kappa shape index (κ2) is 5.30. The number of nitrogens with zero attached hydrogens (tertiary/aromatic N) is 2. The summed E-state index contributed by atoms with van der Waals surface area (Å²) in [6.45, 7) is 1.91. The quantitative estimate of drug-likeness (QED) is 0.723. The number of rotatable bonds is 2. The molecule has 0 aliphatic heterocycles. The molecule has 106 valence electrons. The molecule has 1 aromatic carbocycles. The van der Waals surface area contributed by atoms with Crippen LogP contribution in [0.3, 0.4) is 0 Å². The van der Waals surface area contributed by atoms with Crippen LogP contribution in [0.4, 0.5) is 4.39 Å². The first-order valence-electron chi connectivity index (χ1n) is 6.56. The van der Waals surface area contributed by atoms with E-state index < -0.39 is 5.82 Å². The molecule has 0 saturated heterocycles. The van der Waals surface area contributed by atoms with Crippen LogP contribution in [0.1, 0.15) is 12.6 Å². The SMILES string of the molecule is CCc1cc2cccc(Cl)c2c(=O)n1-c1cnccc1F.